The molecule has 84 valence electrons. The Morgan fingerprint density at radius 2 is 1.87 bits per heavy atom. The van der Waals surface area contributed by atoms with E-state index >= 15 is 0 Å². The second-order valence-electron chi connectivity index (χ2n) is 2.49. The molecule has 0 saturated heterocycles. The Hall–Kier alpha value is -0.500. The summed E-state index contributed by atoms with van der Waals surface area (Å²) in [6, 6.07) is 0.858. The van der Waals surface area contributed by atoms with Gasteiger partial charge in [-0.15, -0.1) is 0 Å². The Kier molecular flexibility index (Phi) is 3.49. The van der Waals surface area contributed by atoms with Crippen molar-refractivity contribution in [2.75, 3.05) is 0 Å². The third kappa shape index (κ3) is 2.75. The quantitative estimate of drug-likeness (QED) is 0.898. The molecule has 0 aliphatic heterocycles. The molecule has 0 aliphatic rings. The lowest BCUT2D eigenvalue weighted by molar-refractivity contribution is 0.145. The zero-order chi connectivity index (χ0) is 11.8. The molecule has 15 heavy (non-hydrogen) atoms. The summed E-state index contributed by atoms with van der Waals surface area (Å²) in [6.45, 7) is 0. The number of hydrogen-bond donors (Lipinski definition) is 1. The summed E-state index contributed by atoms with van der Waals surface area (Å²) in [5.74, 6) is 0. The van der Waals surface area contributed by atoms with Crippen molar-refractivity contribution in [3.05, 3.63) is 21.8 Å². The molecule has 0 atom stereocenters. The van der Waals surface area contributed by atoms with Gasteiger partial charge in [0.2, 0.25) is 0 Å². The first kappa shape index (κ1) is 12.6. The number of alkyl halides is 2. The van der Waals surface area contributed by atoms with Gasteiger partial charge in [0.15, 0.2) is 5.03 Å². The minimum Gasteiger partial charge on any atom is -0.231 e. The molecule has 1 aromatic heterocycles. The summed E-state index contributed by atoms with van der Waals surface area (Å²) in [5.41, 5.74) is -0.870. The van der Waals surface area contributed by atoms with Gasteiger partial charge in [-0.05, 0) is 6.07 Å². The van der Waals surface area contributed by atoms with Crippen molar-refractivity contribution in [1.29, 1.82) is 0 Å². The van der Waals surface area contributed by atoms with Crippen molar-refractivity contribution in [2.24, 2.45) is 5.14 Å². The topological polar surface area (TPSA) is 73.1 Å². The fourth-order valence-electron chi connectivity index (χ4n) is 0.816. The number of primary sulfonamides is 1. The highest BCUT2D eigenvalue weighted by atomic mass is 35.5. The number of aromatic nitrogens is 1. The van der Waals surface area contributed by atoms with Gasteiger partial charge in [0.05, 0.1) is 10.0 Å². The van der Waals surface area contributed by atoms with Crippen LogP contribution in [0.25, 0.3) is 0 Å². The molecule has 4 nitrogen and oxygen atoms in total. The van der Waals surface area contributed by atoms with Crippen molar-refractivity contribution >= 4 is 33.2 Å². The Labute approximate surface area is 94.1 Å². The van der Waals surface area contributed by atoms with Gasteiger partial charge < -0.3 is 0 Å². The number of rotatable bonds is 2. The van der Waals surface area contributed by atoms with Crippen molar-refractivity contribution < 1.29 is 17.2 Å². The Morgan fingerprint density at radius 1 is 1.33 bits per heavy atom. The average molecular weight is 277 g/mol. The molecule has 1 rings (SSSR count). The van der Waals surface area contributed by atoms with Gasteiger partial charge in [-0.25, -0.2) is 27.3 Å². The molecular formula is C6H4Cl2F2N2O2S. The standard InChI is InChI=1S/C6H4Cl2F2N2O2S/c7-2-1-3(8)6(15(11,13)14)12-4(2)5(9)10/h1,5H,(H2,11,13,14). The van der Waals surface area contributed by atoms with Crippen LogP contribution in [0, 0.1) is 0 Å². The highest BCUT2D eigenvalue weighted by molar-refractivity contribution is 7.89. The molecule has 0 bridgehead atoms. The molecule has 0 amide bonds. The van der Waals surface area contributed by atoms with E-state index in [1.165, 1.54) is 0 Å². The summed E-state index contributed by atoms with van der Waals surface area (Å²) >= 11 is 10.8. The van der Waals surface area contributed by atoms with E-state index in [1.807, 2.05) is 0 Å². The average Bonchev–Trinajstić information content (AvgIpc) is 2.00. The molecule has 0 aliphatic carbocycles. The van der Waals surface area contributed by atoms with E-state index in [1.54, 1.807) is 0 Å². The molecule has 0 aromatic carbocycles. The van der Waals surface area contributed by atoms with Crippen LogP contribution in [0.5, 0.6) is 0 Å². The minimum absolute atomic E-state index is 0.396. The second-order valence-corrected chi connectivity index (χ2v) is 4.78. The van der Waals surface area contributed by atoms with E-state index in [9.17, 15) is 17.2 Å². The van der Waals surface area contributed by atoms with Gasteiger partial charge in [0, 0.05) is 0 Å². The molecular weight excluding hydrogens is 273 g/mol. The molecule has 0 spiro atoms. The SMILES string of the molecule is NS(=O)(=O)c1nc(C(F)F)c(Cl)cc1Cl. The van der Waals surface area contributed by atoms with Gasteiger partial charge >= 0.3 is 0 Å². The number of sulfonamides is 1. The van der Waals surface area contributed by atoms with Gasteiger partial charge in [-0.3, -0.25) is 0 Å². The van der Waals surface area contributed by atoms with Crippen LogP contribution < -0.4 is 5.14 Å². The molecule has 2 N–H and O–H groups in total. The monoisotopic (exact) mass is 276 g/mol. The highest BCUT2D eigenvalue weighted by Crippen LogP contribution is 2.30. The smallest absolute Gasteiger partial charge is 0.231 e. The van der Waals surface area contributed by atoms with Gasteiger partial charge in [0.25, 0.3) is 16.4 Å². The predicted octanol–water partition coefficient (Wildman–Crippen LogP) is 1.97. The number of pyridine rings is 1. The molecule has 0 unspecified atom stereocenters. The largest absolute Gasteiger partial charge is 0.281 e. The fraction of sp³-hybridized carbons (Fsp3) is 0.167. The summed E-state index contributed by atoms with van der Waals surface area (Å²) < 4.78 is 46.4. The van der Waals surface area contributed by atoms with Gasteiger partial charge in [0.1, 0.15) is 5.69 Å². The van der Waals surface area contributed by atoms with Crippen molar-refractivity contribution in [1.82, 2.24) is 4.98 Å². The molecule has 0 fully saturated rings. The molecule has 9 heteroatoms. The molecule has 0 radical (unpaired) electrons. The first-order valence-corrected chi connectivity index (χ1v) is 5.70. The first-order valence-electron chi connectivity index (χ1n) is 3.40. The Balaban J connectivity index is 3.50. The predicted molar refractivity (Wildman–Crippen MR) is 50.6 cm³/mol. The molecule has 1 aromatic rings. The van der Waals surface area contributed by atoms with E-state index in [-0.39, 0.29) is 0 Å². The minimum atomic E-state index is -4.24. The zero-order valence-electron chi connectivity index (χ0n) is 6.92. The zero-order valence-corrected chi connectivity index (χ0v) is 9.24. The maximum absolute atomic E-state index is 12.3. The van der Waals surface area contributed by atoms with Crippen LogP contribution in [-0.2, 0) is 10.0 Å². The lowest BCUT2D eigenvalue weighted by atomic mass is 10.3. The van der Waals surface area contributed by atoms with Crippen LogP contribution in [0.2, 0.25) is 10.0 Å². The maximum Gasteiger partial charge on any atom is 0.281 e. The first-order chi connectivity index (χ1) is 6.73. The normalized spacial score (nSPS) is 12.1. The summed E-state index contributed by atoms with van der Waals surface area (Å²) in [5, 5.41) is 3.09. The van der Waals surface area contributed by atoms with Gasteiger partial charge in [-0.2, -0.15) is 0 Å². The van der Waals surface area contributed by atoms with Crippen LogP contribution in [0.4, 0.5) is 8.78 Å². The van der Waals surface area contributed by atoms with E-state index < -0.39 is 37.2 Å². The second kappa shape index (κ2) is 4.17. The summed E-state index contributed by atoms with van der Waals surface area (Å²) in [7, 11) is -4.24. The third-order valence-electron chi connectivity index (χ3n) is 1.40. The lowest BCUT2D eigenvalue weighted by Crippen LogP contribution is -2.15. The van der Waals surface area contributed by atoms with Crippen LogP contribution in [0.15, 0.2) is 11.1 Å². The number of halogens is 4. The van der Waals surface area contributed by atoms with Crippen LogP contribution >= 0.6 is 23.2 Å². The van der Waals surface area contributed by atoms with Crippen LogP contribution in [-0.4, -0.2) is 13.4 Å². The highest BCUT2D eigenvalue weighted by Gasteiger charge is 2.22. The molecule has 1 heterocycles. The van der Waals surface area contributed by atoms with Gasteiger partial charge in [-0.1, -0.05) is 23.2 Å². The number of hydrogen-bond acceptors (Lipinski definition) is 3. The van der Waals surface area contributed by atoms with Crippen molar-refractivity contribution in [3.63, 3.8) is 0 Å². The van der Waals surface area contributed by atoms with E-state index in [4.69, 9.17) is 28.3 Å². The van der Waals surface area contributed by atoms with Crippen LogP contribution in [0.1, 0.15) is 12.1 Å². The summed E-state index contributed by atoms with van der Waals surface area (Å²) in [6.07, 6.45) is -3.00. The van der Waals surface area contributed by atoms with E-state index in [2.05, 4.69) is 4.98 Å². The number of nitrogens with zero attached hydrogens (tertiary/aromatic N) is 1. The van der Waals surface area contributed by atoms with E-state index in [0.717, 1.165) is 6.07 Å². The third-order valence-corrected chi connectivity index (χ3v) is 2.95. The Bertz CT molecular complexity index is 492. The lowest BCUT2D eigenvalue weighted by Gasteiger charge is -2.06. The van der Waals surface area contributed by atoms with Crippen molar-refractivity contribution in [2.45, 2.75) is 11.5 Å². The van der Waals surface area contributed by atoms with Crippen molar-refractivity contribution in [3.8, 4) is 0 Å². The van der Waals surface area contributed by atoms with Crippen LogP contribution in [0.3, 0.4) is 0 Å². The summed E-state index contributed by atoms with van der Waals surface area (Å²) in [4.78, 5) is 3.12. The fourth-order valence-corrected chi connectivity index (χ4v) is 2.14. The number of nitrogens with two attached hydrogens (primary N) is 1. The molecule has 0 saturated carbocycles. The maximum atomic E-state index is 12.3. The Morgan fingerprint density at radius 3 is 2.27 bits per heavy atom. The van der Waals surface area contributed by atoms with E-state index in [0.29, 0.717) is 0 Å².